The molecule has 0 aromatic heterocycles. The molecule has 6 nitrogen and oxygen atoms in total. The van der Waals surface area contributed by atoms with Gasteiger partial charge >= 0.3 is 0 Å². The molecule has 0 radical (unpaired) electrons. The Morgan fingerprint density at radius 1 is 1.11 bits per heavy atom. The molecule has 0 aromatic carbocycles. The molecule has 6 rings (SSSR count). The quantitative estimate of drug-likeness (QED) is 0.563. The number of ketones is 1. The van der Waals surface area contributed by atoms with E-state index in [9.17, 15) is 20.1 Å². The third kappa shape index (κ3) is 3.04. The Kier molecular flexibility index (Phi) is 5.37. The van der Waals surface area contributed by atoms with Crippen LogP contribution < -0.4 is 0 Å². The molecule has 35 heavy (non-hydrogen) atoms. The van der Waals surface area contributed by atoms with Crippen molar-refractivity contribution in [3.8, 4) is 0 Å². The van der Waals surface area contributed by atoms with Crippen LogP contribution in [0.25, 0.3) is 0 Å². The SMILES string of the molecule is CC(=O)[C@@](O)(C(C)C)[C@H]1O[C@H](O)[C@@H]2[C@H]1O[C@H]1C=C3C4=C(CC[C@]3(C)[C@@H]21)[C@@]1(C)CC[C@H](O)CC1CC4. The van der Waals surface area contributed by atoms with Gasteiger partial charge in [-0.2, -0.15) is 0 Å². The van der Waals surface area contributed by atoms with Crippen LogP contribution in [-0.2, 0) is 14.3 Å². The van der Waals surface area contributed by atoms with Crippen LogP contribution in [0.15, 0.2) is 22.8 Å². The maximum absolute atomic E-state index is 12.5. The molecule has 3 N–H and O–H groups in total. The maximum atomic E-state index is 12.5. The number of rotatable bonds is 3. The third-order valence-corrected chi connectivity index (χ3v) is 11.4. The standard InChI is InChI=1S/C29H42O6/c1-14(2)29(33,15(3)30)25-24-22(26(32)35-25)23-21(34-24)13-20-18-7-6-16-12-17(31)8-10-27(16,4)19(18)9-11-28(20,23)5/h13-14,16-17,21-26,31-33H,6-12H2,1-5H3/t16?,17-,21-,22-,23+,24+,25-,26-,27-,28-,29-/m0/s1. The maximum Gasteiger partial charge on any atom is 0.164 e. The number of carbonyl (C=O) groups is 1. The first-order chi connectivity index (χ1) is 16.4. The molecule has 11 atom stereocenters. The van der Waals surface area contributed by atoms with E-state index >= 15 is 0 Å². The van der Waals surface area contributed by atoms with Crippen molar-refractivity contribution in [2.24, 2.45) is 34.5 Å². The van der Waals surface area contributed by atoms with Crippen LogP contribution in [0.5, 0.6) is 0 Å². The molecule has 0 aromatic rings. The van der Waals surface area contributed by atoms with Crippen LogP contribution in [0.4, 0.5) is 0 Å². The van der Waals surface area contributed by atoms with Crippen molar-refractivity contribution in [3.63, 3.8) is 0 Å². The van der Waals surface area contributed by atoms with Gasteiger partial charge in [0.05, 0.1) is 18.3 Å². The molecule has 6 aliphatic rings. The van der Waals surface area contributed by atoms with E-state index in [0.717, 1.165) is 44.9 Å². The first-order valence-corrected chi connectivity index (χ1v) is 13.8. The van der Waals surface area contributed by atoms with Crippen molar-refractivity contribution >= 4 is 5.78 Å². The average molecular weight is 487 g/mol. The molecule has 0 spiro atoms. The third-order valence-electron chi connectivity index (χ3n) is 11.4. The molecule has 2 heterocycles. The Morgan fingerprint density at radius 2 is 1.86 bits per heavy atom. The van der Waals surface area contributed by atoms with Crippen LogP contribution in [0, 0.1) is 34.5 Å². The summed E-state index contributed by atoms with van der Waals surface area (Å²) in [5, 5.41) is 32.8. The smallest absolute Gasteiger partial charge is 0.164 e. The minimum Gasteiger partial charge on any atom is -0.393 e. The van der Waals surface area contributed by atoms with E-state index < -0.39 is 24.1 Å². The highest BCUT2D eigenvalue weighted by atomic mass is 16.7. The van der Waals surface area contributed by atoms with Gasteiger partial charge in [-0.25, -0.2) is 0 Å². The summed E-state index contributed by atoms with van der Waals surface area (Å²) in [4.78, 5) is 12.5. The summed E-state index contributed by atoms with van der Waals surface area (Å²) < 4.78 is 12.5. The second kappa shape index (κ2) is 7.73. The Bertz CT molecular complexity index is 999. The second-order valence-electron chi connectivity index (χ2n) is 13.2. The zero-order valence-electron chi connectivity index (χ0n) is 21.8. The van der Waals surface area contributed by atoms with Gasteiger partial charge in [0.15, 0.2) is 17.7 Å². The van der Waals surface area contributed by atoms with Gasteiger partial charge in [-0.3, -0.25) is 4.79 Å². The number of aliphatic hydroxyl groups excluding tert-OH is 2. The van der Waals surface area contributed by atoms with E-state index in [0.29, 0.717) is 5.92 Å². The first kappa shape index (κ1) is 24.3. The van der Waals surface area contributed by atoms with E-state index in [-0.39, 0.29) is 46.6 Å². The molecule has 2 aliphatic heterocycles. The van der Waals surface area contributed by atoms with Gasteiger partial charge in [-0.15, -0.1) is 0 Å². The molecular formula is C29H42O6. The number of allylic oxidation sites excluding steroid dienone is 3. The lowest BCUT2D eigenvalue weighted by molar-refractivity contribution is -0.201. The summed E-state index contributed by atoms with van der Waals surface area (Å²) in [5.74, 6) is -0.342. The van der Waals surface area contributed by atoms with Gasteiger partial charge < -0.3 is 24.8 Å². The molecule has 1 saturated carbocycles. The van der Waals surface area contributed by atoms with Gasteiger partial charge in [-0.05, 0) is 85.7 Å². The van der Waals surface area contributed by atoms with Crippen LogP contribution in [-0.4, -0.2) is 57.4 Å². The lowest BCUT2D eigenvalue weighted by atomic mass is 9.51. The second-order valence-corrected chi connectivity index (χ2v) is 13.2. The number of fused-ring (bicyclic) bond motifs is 8. The molecule has 3 fully saturated rings. The molecule has 2 saturated heterocycles. The van der Waals surface area contributed by atoms with Crippen LogP contribution in [0.1, 0.15) is 79.6 Å². The van der Waals surface area contributed by atoms with Gasteiger partial charge in [-0.1, -0.05) is 39.3 Å². The Labute approximate surface area is 208 Å². The zero-order valence-corrected chi connectivity index (χ0v) is 21.8. The van der Waals surface area contributed by atoms with Crippen molar-refractivity contribution < 1.29 is 29.6 Å². The first-order valence-electron chi connectivity index (χ1n) is 13.8. The fourth-order valence-electron chi connectivity index (χ4n) is 9.36. The number of aliphatic hydroxyl groups is 3. The van der Waals surface area contributed by atoms with Gasteiger partial charge in [0.25, 0.3) is 0 Å². The Balaban J connectivity index is 1.36. The summed E-state index contributed by atoms with van der Waals surface area (Å²) in [6.45, 7) is 9.79. The van der Waals surface area contributed by atoms with Gasteiger partial charge in [0.2, 0.25) is 0 Å². The van der Waals surface area contributed by atoms with Crippen LogP contribution in [0.2, 0.25) is 0 Å². The highest BCUT2D eigenvalue weighted by Gasteiger charge is 2.68. The monoisotopic (exact) mass is 486 g/mol. The number of hydrogen-bond acceptors (Lipinski definition) is 6. The van der Waals surface area contributed by atoms with Crippen LogP contribution >= 0.6 is 0 Å². The zero-order chi connectivity index (χ0) is 25.1. The lowest BCUT2D eigenvalue weighted by Gasteiger charge is -2.53. The van der Waals surface area contributed by atoms with Crippen molar-refractivity contribution in [1.29, 1.82) is 0 Å². The molecule has 4 aliphatic carbocycles. The van der Waals surface area contributed by atoms with Gasteiger partial charge in [0.1, 0.15) is 6.10 Å². The predicted molar refractivity (Wildman–Crippen MR) is 130 cm³/mol. The van der Waals surface area contributed by atoms with Crippen molar-refractivity contribution in [3.05, 3.63) is 22.8 Å². The fourth-order valence-corrected chi connectivity index (χ4v) is 9.36. The Hall–Kier alpha value is -1.05. The number of hydrogen-bond donors (Lipinski definition) is 3. The highest BCUT2D eigenvalue weighted by molar-refractivity contribution is 5.86. The van der Waals surface area contributed by atoms with E-state index in [1.807, 2.05) is 13.8 Å². The molecule has 6 heteroatoms. The van der Waals surface area contributed by atoms with E-state index in [1.54, 1.807) is 5.57 Å². The van der Waals surface area contributed by atoms with Crippen molar-refractivity contribution in [1.82, 2.24) is 0 Å². The predicted octanol–water partition coefficient (Wildman–Crippen LogP) is 3.68. The number of carbonyl (C=O) groups excluding carboxylic acids is 1. The van der Waals surface area contributed by atoms with E-state index in [1.165, 1.54) is 18.1 Å². The van der Waals surface area contributed by atoms with Crippen LogP contribution in [0.3, 0.4) is 0 Å². The fraction of sp³-hybridized carbons (Fsp3) is 0.828. The molecule has 0 bridgehead atoms. The van der Waals surface area contributed by atoms with Crippen molar-refractivity contribution in [2.45, 2.75) is 116 Å². The lowest BCUT2D eigenvalue weighted by Crippen LogP contribution is -2.57. The Morgan fingerprint density at radius 3 is 2.54 bits per heavy atom. The minimum absolute atomic E-state index is 0.0682. The van der Waals surface area contributed by atoms with E-state index in [4.69, 9.17) is 9.47 Å². The summed E-state index contributed by atoms with van der Waals surface area (Å²) in [7, 11) is 0. The number of Topliss-reactive ketones (excluding diaryl/α,β-unsaturated/α-hetero) is 1. The van der Waals surface area contributed by atoms with E-state index in [2.05, 4.69) is 19.9 Å². The highest BCUT2D eigenvalue weighted by Crippen LogP contribution is 2.67. The molecule has 1 unspecified atom stereocenters. The summed E-state index contributed by atoms with van der Waals surface area (Å²) in [6.07, 6.45) is 6.68. The van der Waals surface area contributed by atoms with Crippen molar-refractivity contribution in [2.75, 3.05) is 0 Å². The average Bonchev–Trinajstić information content (AvgIpc) is 3.41. The minimum atomic E-state index is -1.69. The molecule has 194 valence electrons. The number of ether oxygens (including phenoxy) is 2. The topological polar surface area (TPSA) is 96.2 Å². The summed E-state index contributed by atoms with van der Waals surface area (Å²) in [6, 6.07) is 0. The molecular weight excluding hydrogens is 444 g/mol. The summed E-state index contributed by atoms with van der Waals surface area (Å²) >= 11 is 0. The summed E-state index contributed by atoms with van der Waals surface area (Å²) in [5.41, 5.74) is 2.88. The molecule has 0 amide bonds. The van der Waals surface area contributed by atoms with Gasteiger partial charge in [0, 0.05) is 11.8 Å². The largest absolute Gasteiger partial charge is 0.393 e. The normalized spacial score (nSPS) is 50.1.